The SMILES string of the molecule is Cl.NCCCNC(=O)c1cccc(I)c1. The van der Waals surface area contributed by atoms with E-state index >= 15 is 0 Å². The highest BCUT2D eigenvalue weighted by Crippen LogP contribution is 2.07. The third-order valence-electron chi connectivity index (χ3n) is 1.75. The van der Waals surface area contributed by atoms with Gasteiger partial charge < -0.3 is 11.1 Å². The lowest BCUT2D eigenvalue weighted by Gasteiger charge is -2.04. The van der Waals surface area contributed by atoms with Gasteiger partial charge in [-0.2, -0.15) is 0 Å². The molecule has 1 aromatic carbocycles. The molecule has 0 aromatic heterocycles. The fraction of sp³-hybridized carbons (Fsp3) is 0.300. The molecule has 5 heteroatoms. The van der Waals surface area contributed by atoms with E-state index in [0.717, 1.165) is 9.99 Å². The van der Waals surface area contributed by atoms with E-state index in [1.165, 1.54) is 0 Å². The first-order valence-electron chi connectivity index (χ1n) is 4.48. The lowest BCUT2D eigenvalue weighted by molar-refractivity contribution is 0.0953. The number of nitrogens with one attached hydrogen (secondary N) is 1. The molecule has 0 radical (unpaired) electrons. The number of amides is 1. The monoisotopic (exact) mass is 340 g/mol. The molecule has 0 saturated heterocycles. The minimum Gasteiger partial charge on any atom is -0.352 e. The number of nitrogens with two attached hydrogens (primary N) is 1. The summed E-state index contributed by atoms with van der Waals surface area (Å²) >= 11 is 2.18. The zero-order valence-corrected chi connectivity index (χ0v) is 11.2. The highest BCUT2D eigenvalue weighted by molar-refractivity contribution is 14.1. The Morgan fingerprint density at radius 3 is 2.80 bits per heavy atom. The molecule has 1 rings (SSSR count). The van der Waals surface area contributed by atoms with Gasteiger partial charge >= 0.3 is 0 Å². The van der Waals surface area contributed by atoms with Gasteiger partial charge in [0.15, 0.2) is 0 Å². The van der Waals surface area contributed by atoms with Crippen molar-refractivity contribution in [3.8, 4) is 0 Å². The highest BCUT2D eigenvalue weighted by Gasteiger charge is 2.03. The van der Waals surface area contributed by atoms with Gasteiger partial charge in [0, 0.05) is 15.7 Å². The van der Waals surface area contributed by atoms with Gasteiger partial charge in [0.25, 0.3) is 5.91 Å². The summed E-state index contributed by atoms with van der Waals surface area (Å²) in [6.45, 7) is 1.24. The first-order chi connectivity index (χ1) is 6.74. The Morgan fingerprint density at radius 2 is 2.20 bits per heavy atom. The number of halogens is 2. The summed E-state index contributed by atoms with van der Waals surface area (Å²) < 4.78 is 1.06. The van der Waals surface area contributed by atoms with Crippen molar-refractivity contribution < 1.29 is 4.79 Å². The van der Waals surface area contributed by atoms with Crippen molar-refractivity contribution in [2.75, 3.05) is 13.1 Å². The van der Waals surface area contributed by atoms with Crippen molar-refractivity contribution in [1.29, 1.82) is 0 Å². The predicted octanol–water partition coefficient (Wildman–Crippen LogP) is 1.79. The summed E-state index contributed by atoms with van der Waals surface area (Å²) in [5.74, 6) is -0.0306. The summed E-state index contributed by atoms with van der Waals surface area (Å²) in [6.07, 6.45) is 0.815. The highest BCUT2D eigenvalue weighted by atomic mass is 127. The molecular weight excluding hydrogens is 326 g/mol. The van der Waals surface area contributed by atoms with Crippen molar-refractivity contribution in [1.82, 2.24) is 5.32 Å². The number of hydrogen-bond acceptors (Lipinski definition) is 2. The van der Waals surface area contributed by atoms with Gasteiger partial charge in [-0.25, -0.2) is 0 Å². The Hall–Kier alpha value is -0.330. The minimum absolute atomic E-state index is 0. The lowest BCUT2D eigenvalue weighted by Crippen LogP contribution is -2.25. The number of hydrogen-bond donors (Lipinski definition) is 2. The maximum atomic E-state index is 11.5. The zero-order valence-electron chi connectivity index (χ0n) is 8.20. The Kier molecular flexibility index (Phi) is 7.72. The second-order valence-electron chi connectivity index (χ2n) is 2.91. The van der Waals surface area contributed by atoms with Gasteiger partial charge in [0.1, 0.15) is 0 Å². The van der Waals surface area contributed by atoms with Crippen LogP contribution in [0.5, 0.6) is 0 Å². The fourth-order valence-corrected chi connectivity index (χ4v) is 1.58. The molecule has 3 N–H and O–H groups in total. The van der Waals surface area contributed by atoms with Crippen LogP contribution in [0, 0.1) is 3.57 Å². The number of benzene rings is 1. The average Bonchev–Trinajstić information content (AvgIpc) is 2.18. The van der Waals surface area contributed by atoms with Crippen LogP contribution in [0.25, 0.3) is 0 Å². The smallest absolute Gasteiger partial charge is 0.251 e. The van der Waals surface area contributed by atoms with E-state index in [-0.39, 0.29) is 18.3 Å². The molecule has 84 valence electrons. The molecule has 0 heterocycles. The second kappa shape index (κ2) is 7.90. The average molecular weight is 341 g/mol. The minimum atomic E-state index is -0.0306. The van der Waals surface area contributed by atoms with Gasteiger partial charge in [0.2, 0.25) is 0 Å². The van der Waals surface area contributed by atoms with Crippen LogP contribution < -0.4 is 11.1 Å². The maximum Gasteiger partial charge on any atom is 0.251 e. The van der Waals surface area contributed by atoms with Crippen molar-refractivity contribution in [2.24, 2.45) is 5.73 Å². The molecule has 0 bridgehead atoms. The molecule has 1 aromatic rings. The second-order valence-corrected chi connectivity index (χ2v) is 4.15. The summed E-state index contributed by atoms with van der Waals surface area (Å²) in [4.78, 5) is 11.5. The van der Waals surface area contributed by atoms with E-state index in [0.29, 0.717) is 18.7 Å². The van der Waals surface area contributed by atoms with Gasteiger partial charge in [-0.1, -0.05) is 6.07 Å². The Morgan fingerprint density at radius 1 is 1.47 bits per heavy atom. The number of carbonyl (C=O) groups is 1. The molecule has 0 fully saturated rings. The normalized spacial score (nSPS) is 9.20. The summed E-state index contributed by atoms with van der Waals surface area (Å²) in [5, 5.41) is 2.80. The summed E-state index contributed by atoms with van der Waals surface area (Å²) in [5.41, 5.74) is 6.03. The van der Waals surface area contributed by atoms with E-state index in [2.05, 4.69) is 27.9 Å². The molecule has 15 heavy (non-hydrogen) atoms. The molecule has 0 saturated carbocycles. The lowest BCUT2D eigenvalue weighted by atomic mass is 10.2. The van der Waals surface area contributed by atoms with E-state index in [1.807, 2.05) is 18.2 Å². The van der Waals surface area contributed by atoms with Gasteiger partial charge in [-0.05, 0) is 53.8 Å². The van der Waals surface area contributed by atoms with Crippen LogP contribution in [0.1, 0.15) is 16.8 Å². The predicted molar refractivity (Wildman–Crippen MR) is 72.4 cm³/mol. The van der Waals surface area contributed by atoms with Crippen LogP contribution in [-0.2, 0) is 0 Å². The van der Waals surface area contributed by atoms with Gasteiger partial charge in [-0.3, -0.25) is 4.79 Å². The first-order valence-corrected chi connectivity index (χ1v) is 5.56. The molecule has 0 aliphatic heterocycles. The summed E-state index contributed by atoms with van der Waals surface area (Å²) in [7, 11) is 0. The molecule has 3 nitrogen and oxygen atoms in total. The molecule has 0 atom stereocenters. The van der Waals surface area contributed by atoms with Crippen LogP contribution >= 0.6 is 35.0 Å². The largest absolute Gasteiger partial charge is 0.352 e. The van der Waals surface area contributed by atoms with Gasteiger partial charge in [0.05, 0.1) is 0 Å². The third-order valence-corrected chi connectivity index (χ3v) is 2.42. The van der Waals surface area contributed by atoms with E-state index in [9.17, 15) is 4.79 Å². The van der Waals surface area contributed by atoms with Crippen molar-refractivity contribution in [3.05, 3.63) is 33.4 Å². The summed E-state index contributed by atoms with van der Waals surface area (Å²) in [6, 6.07) is 7.50. The quantitative estimate of drug-likeness (QED) is 0.648. The maximum absolute atomic E-state index is 11.5. The standard InChI is InChI=1S/C10H13IN2O.ClH/c11-9-4-1-3-8(7-9)10(14)13-6-2-5-12;/h1,3-4,7H,2,5-6,12H2,(H,13,14);1H. The zero-order chi connectivity index (χ0) is 10.4. The van der Waals surface area contributed by atoms with E-state index in [1.54, 1.807) is 6.07 Å². The van der Waals surface area contributed by atoms with Crippen LogP contribution in [0.15, 0.2) is 24.3 Å². The van der Waals surface area contributed by atoms with Crippen LogP contribution in [-0.4, -0.2) is 19.0 Å². The van der Waals surface area contributed by atoms with Crippen LogP contribution in [0.2, 0.25) is 0 Å². The molecule has 1 amide bonds. The van der Waals surface area contributed by atoms with Crippen molar-refractivity contribution in [3.63, 3.8) is 0 Å². The van der Waals surface area contributed by atoms with E-state index in [4.69, 9.17) is 5.73 Å². The van der Waals surface area contributed by atoms with Crippen LogP contribution in [0.3, 0.4) is 0 Å². The van der Waals surface area contributed by atoms with Crippen LogP contribution in [0.4, 0.5) is 0 Å². The van der Waals surface area contributed by atoms with Crippen molar-refractivity contribution >= 4 is 40.9 Å². The van der Waals surface area contributed by atoms with Gasteiger partial charge in [-0.15, -0.1) is 12.4 Å². The topological polar surface area (TPSA) is 55.1 Å². The Bertz CT molecular complexity index is 320. The molecule has 0 aliphatic rings. The number of carbonyl (C=O) groups excluding carboxylic acids is 1. The number of rotatable bonds is 4. The first kappa shape index (κ1) is 14.7. The third kappa shape index (κ3) is 5.34. The Balaban J connectivity index is 0.00000196. The molecule has 0 spiro atoms. The molecule has 0 aliphatic carbocycles. The fourth-order valence-electron chi connectivity index (χ4n) is 1.04. The van der Waals surface area contributed by atoms with E-state index < -0.39 is 0 Å². The van der Waals surface area contributed by atoms with Crippen molar-refractivity contribution in [2.45, 2.75) is 6.42 Å². The Labute approximate surface area is 109 Å². The molecular formula is C10H14ClIN2O. The molecule has 0 unspecified atom stereocenters.